The number of amides is 1. The Hall–Kier alpha value is -6.03. The van der Waals surface area contributed by atoms with Crippen LogP contribution in [0.5, 0.6) is 0 Å². The van der Waals surface area contributed by atoms with Crippen molar-refractivity contribution in [1.82, 2.24) is 51.0 Å². The van der Waals surface area contributed by atoms with Crippen molar-refractivity contribution < 1.29 is 52.5 Å². The molecule has 0 atom stereocenters. The van der Waals surface area contributed by atoms with Crippen LogP contribution in [-0.4, -0.2) is 157 Å². The molecule has 0 saturated carbocycles. The second-order valence-electron chi connectivity index (χ2n) is 17.6. The Morgan fingerprint density at radius 3 is 1.23 bits per heavy atom. The third kappa shape index (κ3) is 26.7. The highest BCUT2D eigenvalue weighted by Gasteiger charge is 2.24. The van der Waals surface area contributed by atoms with Gasteiger partial charge < -0.3 is 33.9 Å². The van der Waals surface area contributed by atoms with Gasteiger partial charge in [0.05, 0.1) is 35.5 Å². The molecule has 2 aliphatic heterocycles. The predicted molar refractivity (Wildman–Crippen MR) is 264 cm³/mol. The van der Waals surface area contributed by atoms with Gasteiger partial charge in [0, 0.05) is 19.5 Å². The molecule has 70 heavy (non-hydrogen) atoms. The Balaban J connectivity index is 0.000000892. The molecule has 0 radical (unpaired) electrons. The van der Waals surface area contributed by atoms with Gasteiger partial charge in [-0.25, -0.2) is 24.0 Å². The van der Waals surface area contributed by atoms with Gasteiger partial charge in [-0.3, -0.25) is 4.79 Å². The summed E-state index contributed by atoms with van der Waals surface area (Å²) in [4.78, 5) is 70.6. The van der Waals surface area contributed by atoms with Crippen LogP contribution in [0.25, 0.3) is 0 Å². The van der Waals surface area contributed by atoms with E-state index in [2.05, 4.69) is 102 Å². The van der Waals surface area contributed by atoms with Crippen molar-refractivity contribution in [2.75, 3.05) is 61.7 Å². The monoisotopic (exact) mass is 995 g/mol. The zero-order chi connectivity index (χ0) is 53.2. The number of hydrogen-bond acceptors (Lipinski definition) is 20. The largest absolute Gasteiger partial charge is 0.464 e. The minimum atomic E-state index is -0.776. The zero-order valence-electron chi connectivity index (χ0n) is 43.7. The molecule has 3 aromatic heterocycles. The van der Waals surface area contributed by atoms with Crippen LogP contribution in [0.2, 0.25) is 17.4 Å². The average molecular weight is 995 g/mol. The first-order valence-electron chi connectivity index (χ1n) is 23.4. The predicted octanol–water partition coefficient (Wildman–Crippen LogP) is 5.97. The van der Waals surface area contributed by atoms with Crippen LogP contribution in [-0.2, 0) is 36.5 Å². The van der Waals surface area contributed by atoms with Crippen LogP contribution in [0.4, 0.5) is 0 Å². The molecular weight excluding hydrogens is 920 g/mol. The van der Waals surface area contributed by atoms with E-state index in [9.17, 15) is 28.8 Å². The van der Waals surface area contributed by atoms with E-state index in [0.717, 1.165) is 44.3 Å². The minimum Gasteiger partial charge on any atom is -0.464 e. The molecule has 2 aliphatic rings. The van der Waals surface area contributed by atoms with E-state index >= 15 is 0 Å². The van der Waals surface area contributed by atoms with E-state index in [4.69, 9.17) is 11.2 Å². The number of esters is 5. The number of aromatic nitrogens is 8. The Morgan fingerprint density at radius 2 is 0.929 bits per heavy atom. The Bertz CT molecular complexity index is 2040. The van der Waals surface area contributed by atoms with E-state index in [-0.39, 0.29) is 48.8 Å². The van der Waals surface area contributed by atoms with Crippen LogP contribution < -0.4 is 5.32 Å². The third-order valence-electron chi connectivity index (χ3n) is 8.96. The summed E-state index contributed by atoms with van der Waals surface area (Å²) in [6.07, 6.45) is 14.6. The van der Waals surface area contributed by atoms with Crippen molar-refractivity contribution in [3.63, 3.8) is 0 Å². The summed E-state index contributed by atoms with van der Waals surface area (Å²) in [5, 5.41) is 31.9. The molecular formula is C48H75AlN10O11. The molecule has 2 fully saturated rings. The van der Waals surface area contributed by atoms with Crippen molar-refractivity contribution >= 4 is 49.9 Å². The maximum Gasteiger partial charge on any atom is 0.379 e. The van der Waals surface area contributed by atoms with Gasteiger partial charge in [-0.05, 0) is 99.0 Å². The molecule has 1 amide bonds. The minimum absolute atomic E-state index is 0.0841. The summed E-state index contributed by atoms with van der Waals surface area (Å²) in [6.45, 7) is 16.3. The number of ether oxygens (including phenoxy) is 5. The lowest BCUT2D eigenvalue weighted by molar-refractivity contribution is 0.0558. The van der Waals surface area contributed by atoms with Gasteiger partial charge in [0.15, 0.2) is 22.8 Å². The summed E-state index contributed by atoms with van der Waals surface area (Å²) in [5.41, 5.74) is 2.08. The molecule has 0 aliphatic carbocycles. The number of methoxy groups -OCH3 is 5. The Kier molecular flexibility index (Phi) is 33.7. The van der Waals surface area contributed by atoms with Crippen LogP contribution in [0, 0.1) is 30.1 Å². The first kappa shape index (κ1) is 64.0. The highest BCUT2D eigenvalue weighted by atomic mass is 27.2. The Morgan fingerprint density at radius 1 is 0.557 bits per heavy atom. The van der Waals surface area contributed by atoms with E-state index < -0.39 is 29.8 Å². The van der Waals surface area contributed by atoms with Crippen LogP contribution in [0.15, 0.2) is 12.1 Å². The van der Waals surface area contributed by atoms with E-state index in [1.165, 1.54) is 74.0 Å². The first-order chi connectivity index (χ1) is 33.2. The fourth-order valence-corrected chi connectivity index (χ4v) is 5.77. The number of carbonyl (C=O) groups excluding carboxylic acids is 6. The molecule has 1 N–H and O–H groups in total. The summed E-state index contributed by atoms with van der Waals surface area (Å²) in [5.74, 6) is 6.84. The quantitative estimate of drug-likeness (QED) is 0.100. The summed E-state index contributed by atoms with van der Waals surface area (Å²) < 4.78 is 22.5. The normalized spacial score (nSPS) is 12.4. The lowest BCUT2D eigenvalue weighted by Gasteiger charge is -2.26. The number of nitrogens with zero attached hydrogens (tertiary/aromatic N) is 9. The van der Waals surface area contributed by atoms with Gasteiger partial charge in [-0.2, -0.15) is 0 Å². The van der Waals surface area contributed by atoms with Crippen LogP contribution in [0.1, 0.15) is 161 Å². The molecule has 386 valence electrons. The molecule has 0 spiro atoms. The third-order valence-corrected chi connectivity index (χ3v) is 8.96. The molecule has 21 nitrogen and oxygen atoms in total. The van der Waals surface area contributed by atoms with Gasteiger partial charge in [0.1, 0.15) is 0 Å². The van der Waals surface area contributed by atoms with Gasteiger partial charge in [-0.1, -0.05) is 48.0 Å². The SMILES string of the molecule is C#CCC(C)C.C1CCNCC1.COC(=O)c1cc(CC(C)C)c(C(=O)OC)nn1.COC(=O)c1nnc(C(=O)N2CCCCC2)cc1CC(C)C.COC(=O)c1nnc(C(=O)OC)nn1.[CH3][Al]([CH3])[CH3]. The molecule has 0 bridgehead atoms. The zero-order valence-corrected chi connectivity index (χ0v) is 44.9. The van der Waals surface area contributed by atoms with E-state index in [1.54, 1.807) is 6.07 Å². The average Bonchev–Trinajstić information content (AvgIpc) is 3.36. The first-order valence-corrected chi connectivity index (χ1v) is 26.8. The lowest BCUT2D eigenvalue weighted by atomic mass is 10.0. The number of likely N-dealkylation sites (tertiary alicyclic amines) is 1. The number of carbonyl (C=O) groups is 6. The van der Waals surface area contributed by atoms with Crippen molar-refractivity contribution in [3.8, 4) is 12.3 Å². The Labute approximate surface area is 418 Å². The molecule has 0 aromatic carbocycles. The number of rotatable bonds is 11. The topological polar surface area (TPSA) is 267 Å². The van der Waals surface area contributed by atoms with Crippen molar-refractivity contribution in [3.05, 3.63) is 57.7 Å². The molecule has 22 heteroatoms. The molecule has 5 rings (SSSR count). The smallest absolute Gasteiger partial charge is 0.379 e. The van der Waals surface area contributed by atoms with Crippen molar-refractivity contribution in [1.29, 1.82) is 0 Å². The standard InChI is InChI=1S/C16H23N3O3.C12H16N2O4.C6H6N4O4.C6H10.C5H11N.3CH3.Al/c1-11(2)9-12-10-13(17-18-14(12)16(21)22-3)15(20)19-7-5-4-6-8-19;1-7(2)5-8-6-9(11(15)17-3)13-14-10(8)12(16)18-4;1-13-5(11)3-7-9-4(10-8-3)6(12)14-2;1-4-5-6(2)3;1-2-4-6-5-3-1;;;;/h10-11H,4-9H2,1-3H3;6-7H,5H2,1-4H3;1-2H3;1,6H,5H2,2-3H3;6H,1-5H2;3*1H3;. The van der Waals surface area contributed by atoms with Crippen molar-refractivity contribution in [2.45, 2.75) is 117 Å². The maximum atomic E-state index is 12.5. The van der Waals surface area contributed by atoms with E-state index in [0.29, 0.717) is 41.9 Å². The second-order valence-corrected chi connectivity index (χ2v) is 21.1. The fourth-order valence-electron chi connectivity index (χ4n) is 5.77. The number of terminal acetylenes is 1. The number of nitrogens with one attached hydrogen (secondary N) is 1. The summed E-state index contributed by atoms with van der Waals surface area (Å²) in [7, 11) is 6.19. The second kappa shape index (κ2) is 36.9. The lowest BCUT2D eigenvalue weighted by Crippen LogP contribution is -2.36. The van der Waals surface area contributed by atoms with Gasteiger partial charge in [0.25, 0.3) is 31.7 Å². The summed E-state index contributed by atoms with van der Waals surface area (Å²) in [6, 6.07) is 3.21. The highest BCUT2D eigenvalue weighted by Crippen LogP contribution is 2.18. The number of hydrogen-bond donors (Lipinski definition) is 1. The molecule has 0 unspecified atom stereocenters. The molecule has 3 aromatic rings. The summed E-state index contributed by atoms with van der Waals surface area (Å²) >= 11 is -0.139. The van der Waals surface area contributed by atoms with Crippen molar-refractivity contribution in [2.24, 2.45) is 17.8 Å². The maximum absolute atomic E-state index is 12.5. The molecule has 5 heterocycles. The fraction of sp³-hybridized carbons (Fsp3) is 0.625. The highest BCUT2D eigenvalue weighted by molar-refractivity contribution is 6.54. The number of piperidine rings is 2. The van der Waals surface area contributed by atoms with Crippen LogP contribution >= 0.6 is 0 Å². The van der Waals surface area contributed by atoms with Crippen LogP contribution in [0.3, 0.4) is 0 Å². The van der Waals surface area contributed by atoms with Gasteiger partial charge in [-0.15, -0.1) is 70.5 Å². The molecule has 2 saturated heterocycles. The van der Waals surface area contributed by atoms with Gasteiger partial charge in [0.2, 0.25) is 0 Å². The van der Waals surface area contributed by atoms with E-state index in [1.807, 2.05) is 32.6 Å². The van der Waals surface area contributed by atoms with Gasteiger partial charge >= 0.3 is 29.8 Å².